The molecule has 0 unspecified atom stereocenters. The van der Waals surface area contributed by atoms with Crippen LogP contribution in [0.25, 0.3) is 0 Å². The fraction of sp³-hybridized carbons (Fsp3) is 0.364. The SMILES string of the molecule is C#CCCCNCc1cc(C#N)cs1. The molecule has 0 atom stereocenters. The maximum Gasteiger partial charge on any atom is 0.100 e. The Morgan fingerprint density at radius 1 is 1.57 bits per heavy atom. The monoisotopic (exact) mass is 204 g/mol. The van der Waals surface area contributed by atoms with Crippen LogP contribution >= 0.6 is 11.3 Å². The average molecular weight is 204 g/mol. The Kier molecular flexibility index (Phi) is 4.78. The quantitative estimate of drug-likeness (QED) is 0.589. The van der Waals surface area contributed by atoms with Crippen molar-refractivity contribution in [1.82, 2.24) is 5.32 Å². The number of unbranched alkanes of at least 4 members (excludes halogenated alkanes) is 1. The van der Waals surface area contributed by atoms with E-state index in [9.17, 15) is 0 Å². The predicted octanol–water partition coefficient (Wildman–Crippen LogP) is 2.12. The highest BCUT2D eigenvalue weighted by atomic mass is 32.1. The molecule has 0 amide bonds. The van der Waals surface area contributed by atoms with Crippen LogP contribution in [0.3, 0.4) is 0 Å². The van der Waals surface area contributed by atoms with Crippen LogP contribution < -0.4 is 5.32 Å². The van der Waals surface area contributed by atoms with Gasteiger partial charge in [-0.25, -0.2) is 0 Å². The van der Waals surface area contributed by atoms with Gasteiger partial charge in [-0.15, -0.1) is 23.7 Å². The van der Waals surface area contributed by atoms with Crippen molar-refractivity contribution >= 4 is 11.3 Å². The van der Waals surface area contributed by atoms with E-state index in [0.717, 1.165) is 31.5 Å². The van der Waals surface area contributed by atoms with Crippen LogP contribution in [0.15, 0.2) is 11.4 Å². The number of nitrogens with zero attached hydrogens (tertiary/aromatic N) is 1. The molecule has 1 aromatic rings. The maximum absolute atomic E-state index is 8.61. The number of hydrogen-bond acceptors (Lipinski definition) is 3. The highest BCUT2D eigenvalue weighted by Crippen LogP contribution is 2.13. The fourth-order valence-corrected chi connectivity index (χ4v) is 1.84. The summed E-state index contributed by atoms with van der Waals surface area (Å²) in [5.74, 6) is 2.60. The third-order valence-electron chi connectivity index (χ3n) is 1.76. The summed E-state index contributed by atoms with van der Waals surface area (Å²) in [4.78, 5) is 1.20. The van der Waals surface area contributed by atoms with Crippen molar-refractivity contribution in [3.8, 4) is 18.4 Å². The highest BCUT2D eigenvalue weighted by Gasteiger charge is 1.97. The van der Waals surface area contributed by atoms with Crippen molar-refractivity contribution in [3.05, 3.63) is 21.9 Å². The summed E-state index contributed by atoms with van der Waals surface area (Å²) in [5.41, 5.74) is 0.746. The first-order valence-corrected chi connectivity index (χ1v) is 5.36. The average Bonchev–Trinajstić information content (AvgIpc) is 2.65. The molecule has 0 radical (unpaired) electrons. The molecule has 14 heavy (non-hydrogen) atoms. The molecule has 0 bridgehead atoms. The summed E-state index contributed by atoms with van der Waals surface area (Å²) in [6.07, 6.45) is 6.96. The van der Waals surface area contributed by atoms with Crippen molar-refractivity contribution in [2.24, 2.45) is 0 Å². The van der Waals surface area contributed by atoms with Crippen LogP contribution in [-0.4, -0.2) is 6.54 Å². The second-order valence-electron chi connectivity index (χ2n) is 2.90. The van der Waals surface area contributed by atoms with Gasteiger partial charge in [0.25, 0.3) is 0 Å². The lowest BCUT2D eigenvalue weighted by Gasteiger charge is -1.99. The zero-order chi connectivity index (χ0) is 10.2. The summed E-state index contributed by atoms with van der Waals surface area (Å²) in [7, 11) is 0. The summed E-state index contributed by atoms with van der Waals surface area (Å²) < 4.78 is 0. The van der Waals surface area contributed by atoms with Gasteiger partial charge in [0.05, 0.1) is 5.56 Å². The Morgan fingerprint density at radius 2 is 2.43 bits per heavy atom. The van der Waals surface area contributed by atoms with E-state index in [0.29, 0.717) is 0 Å². The van der Waals surface area contributed by atoms with Crippen molar-refractivity contribution in [2.75, 3.05) is 6.54 Å². The first kappa shape index (κ1) is 10.8. The molecule has 1 aromatic heterocycles. The van der Waals surface area contributed by atoms with Gasteiger partial charge in [-0.1, -0.05) is 0 Å². The van der Waals surface area contributed by atoms with Gasteiger partial charge in [0.2, 0.25) is 0 Å². The standard InChI is InChI=1S/C11H12N2S/c1-2-3-4-5-13-8-11-6-10(7-12)9-14-11/h1,6,9,13H,3-5,8H2. The van der Waals surface area contributed by atoms with Crippen LogP contribution in [-0.2, 0) is 6.54 Å². The smallest absolute Gasteiger partial charge is 0.100 e. The third-order valence-corrected chi connectivity index (χ3v) is 2.69. The fourth-order valence-electron chi connectivity index (χ4n) is 1.06. The van der Waals surface area contributed by atoms with Gasteiger partial charge >= 0.3 is 0 Å². The molecule has 0 aromatic carbocycles. The highest BCUT2D eigenvalue weighted by molar-refractivity contribution is 7.10. The largest absolute Gasteiger partial charge is 0.312 e. The molecule has 0 fully saturated rings. The predicted molar refractivity (Wildman–Crippen MR) is 58.8 cm³/mol. The van der Waals surface area contributed by atoms with E-state index in [4.69, 9.17) is 11.7 Å². The van der Waals surface area contributed by atoms with E-state index in [-0.39, 0.29) is 0 Å². The van der Waals surface area contributed by atoms with Crippen LogP contribution in [0.5, 0.6) is 0 Å². The Balaban J connectivity index is 2.19. The van der Waals surface area contributed by atoms with Gasteiger partial charge in [-0.05, 0) is 19.0 Å². The second kappa shape index (κ2) is 6.21. The number of rotatable bonds is 5. The molecule has 0 saturated heterocycles. The van der Waals surface area contributed by atoms with Gasteiger partial charge in [-0.3, -0.25) is 0 Å². The van der Waals surface area contributed by atoms with E-state index in [1.165, 1.54) is 4.88 Å². The van der Waals surface area contributed by atoms with Crippen LogP contribution in [0.4, 0.5) is 0 Å². The number of nitriles is 1. The van der Waals surface area contributed by atoms with E-state index in [2.05, 4.69) is 17.3 Å². The van der Waals surface area contributed by atoms with Gasteiger partial charge < -0.3 is 5.32 Å². The molecule has 0 spiro atoms. The number of terminal acetylenes is 1. The molecule has 0 aliphatic heterocycles. The van der Waals surface area contributed by atoms with Crippen molar-refractivity contribution in [3.63, 3.8) is 0 Å². The molecule has 3 heteroatoms. The molecule has 1 rings (SSSR count). The van der Waals surface area contributed by atoms with Gasteiger partial charge in [0.15, 0.2) is 0 Å². The van der Waals surface area contributed by atoms with Crippen molar-refractivity contribution in [2.45, 2.75) is 19.4 Å². The molecule has 0 saturated carbocycles. The first-order valence-electron chi connectivity index (χ1n) is 4.48. The third kappa shape index (κ3) is 3.62. The molecule has 0 aliphatic rings. The zero-order valence-electron chi connectivity index (χ0n) is 7.92. The van der Waals surface area contributed by atoms with Crippen LogP contribution in [0.2, 0.25) is 0 Å². The lowest BCUT2D eigenvalue weighted by molar-refractivity contribution is 0.664. The molecule has 1 heterocycles. The lowest BCUT2D eigenvalue weighted by Crippen LogP contribution is -2.13. The second-order valence-corrected chi connectivity index (χ2v) is 3.89. The van der Waals surface area contributed by atoms with Crippen LogP contribution in [0.1, 0.15) is 23.3 Å². The summed E-state index contributed by atoms with van der Waals surface area (Å²) in [6, 6.07) is 4.03. The Labute approximate surface area is 88.6 Å². The van der Waals surface area contributed by atoms with E-state index in [1.807, 2.05) is 11.4 Å². The van der Waals surface area contributed by atoms with E-state index in [1.54, 1.807) is 11.3 Å². The van der Waals surface area contributed by atoms with E-state index < -0.39 is 0 Å². The molecular formula is C11H12N2S. The number of nitrogens with one attached hydrogen (secondary N) is 1. The van der Waals surface area contributed by atoms with Crippen molar-refractivity contribution in [1.29, 1.82) is 5.26 Å². The van der Waals surface area contributed by atoms with Crippen molar-refractivity contribution < 1.29 is 0 Å². The summed E-state index contributed by atoms with van der Waals surface area (Å²) in [5, 5.41) is 13.8. The molecule has 2 nitrogen and oxygen atoms in total. The minimum atomic E-state index is 0.746. The minimum Gasteiger partial charge on any atom is -0.312 e. The lowest BCUT2D eigenvalue weighted by atomic mass is 10.3. The number of hydrogen-bond donors (Lipinski definition) is 1. The van der Waals surface area contributed by atoms with Gasteiger partial charge in [-0.2, -0.15) is 5.26 Å². The summed E-state index contributed by atoms with van der Waals surface area (Å²) in [6.45, 7) is 1.76. The van der Waals surface area contributed by atoms with Crippen LogP contribution in [0, 0.1) is 23.7 Å². The van der Waals surface area contributed by atoms with Gasteiger partial charge in [0.1, 0.15) is 6.07 Å². The maximum atomic E-state index is 8.61. The molecule has 1 N–H and O–H groups in total. The first-order chi connectivity index (χ1) is 6.86. The summed E-state index contributed by atoms with van der Waals surface area (Å²) >= 11 is 1.61. The molecule has 0 aliphatic carbocycles. The molecule has 72 valence electrons. The van der Waals surface area contributed by atoms with Gasteiger partial charge in [0, 0.05) is 23.2 Å². The number of thiophene rings is 1. The van der Waals surface area contributed by atoms with E-state index >= 15 is 0 Å². The molecular weight excluding hydrogens is 192 g/mol. The Bertz CT molecular complexity index is 354. The minimum absolute atomic E-state index is 0.746. The zero-order valence-corrected chi connectivity index (χ0v) is 8.73. The topological polar surface area (TPSA) is 35.8 Å². The normalized spacial score (nSPS) is 9.29. The Hall–Kier alpha value is -1.29. The Morgan fingerprint density at radius 3 is 3.07 bits per heavy atom.